The molecule has 0 aromatic heterocycles. The van der Waals surface area contributed by atoms with Crippen LogP contribution in [0.2, 0.25) is 0 Å². The quantitative estimate of drug-likeness (QED) is 0.744. The van der Waals surface area contributed by atoms with Gasteiger partial charge in [0, 0.05) is 31.7 Å². The first-order valence-corrected chi connectivity index (χ1v) is 6.85. The lowest BCUT2D eigenvalue weighted by Crippen LogP contribution is -2.26. The number of carbonyl (C=O) groups excluding carboxylic acids is 1. The van der Waals surface area contributed by atoms with Crippen molar-refractivity contribution in [1.82, 2.24) is 4.90 Å². The highest BCUT2D eigenvalue weighted by Gasteiger charge is 2.07. The average Bonchev–Trinajstić information content (AvgIpc) is 2.51. The summed E-state index contributed by atoms with van der Waals surface area (Å²) in [5.74, 6) is 0.244. The van der Waals surface area contributed by atoms with Gasteiger partial charge in [-0.05, 0) is 30.7 Å². The third-order valence-electron chi connectivity index (χ3n) is 3.10. The van der Waals surface area contributed by atoms with E-state index in [1.54, 1.807) is 45.5 Å². The molecule has 0 aliphatic rings. The molecule has 0 saturated carbocycles. The minimum absolute atomic E-state index is 0.0467. The summed E-state index contributed by atoms with van der Waals surface area (Å²) < 4.78 is 10.4. The molecule has 1 aromatic rings. The van der Waals surface area contributed by atoms with Crippen LogP contribution in [-0.4, -0.2) is 49.7 Å². The summed E-state index contributed by atoms with van der Waals surface area (Å²) in [4.78, 5) is 23.9. The predicted octanol–water partition coefficient (Wildman–Crippen LogP) is 2.04. The van der Waals surface area contributed by atoms with E-state index < -0.39 is 5.97 Å². The Morgan fingerprint density at radius 2 is 2.00 bits per heavy atom. The second-order valence-corrected chi connectivity index (χ2v) is 4.70. The van der Waals surface area contributed by atoms with E-state index in [9.17, 15) is 9.59 Å². The van der Waals surface area contributed by atoms with Gasteiger partial charge >= 0.3 is 5.97 Å². The van der Waals surface area contributed by atoms with Crippen molar-refractivity contribution in [2.45, 2.75) is 12.8 Å². The molecular formula is C16H21NO5. The van der Waals surface area contributed by atoms with E-state index in [-0.39, 0.29) is 12.3 Å². The second kappa shape index (κ2) is 8.71. The van der Waals surface area contributed by atoms with Crippen molar-refractivity contribution in [3.05, 3.63) is 29.8 Å². The highest BCUT2D eigenvalue weighted by Crippen LogP contribution is 2.25. The number of methoxy groups -OCH3 is 2. The summed E-state index contributed by atoms with van der Waals surface area (Å²) in [6.07, 6.45) is 3.55. The van der Waals surface area contributed by atoms with E-state index in [1.807, 2.05) is 0 Å². The summed E-state index contributed by atoms with van der Waals surface area (Å²) in [6, 6.07) is 5.31. The van der Waals surface area contributed by atoms with Gasteiger partial charge in [0.15, 0.2) is 0 Å². The van der Waals surface area contributed by atoms with Gasteiger partial charge in [-0.25, -0.2) is 0 Å². The predicted molar refractivity (Wildman–Crippen MR) is 83.1 cm³/mol. The molecule has 0 heterocycles. The SMILES string of the molecule is COc1ccc(OC)c(C=CC(=O)N(C)CCCC(=O)O)c1. The molecule has 6 heteroatoms. The Bertz CT molecular complexity index is 553. The van der Waals surface area contributed by atoms with E-state index in [2.05, 4.69) is 0 Å². The topological polar surface area (TPSA) is 76.1 Å². The van der Waals surface area contributed by atoms with E-state index in [0.717, 1.165) is 5.56 Å². The summed E-state index contributed by atoms with van der Waals surface area (Å²) in [6.45, 7) is 0.394. The van der Waals surface area contributed by atoms with E-state index >= 15 is 0 Å². The van der Waals surface area contributed by atoms with Crippen molar-refractivity contribution in [2.24, 2.45) is 0 Å². The molecule has 0 radical (unpaired) electrons. The summed E-state index contributed by atoms with van der Waals surface area (Å²) in [5, 5.41) is 8.58. The molecule has 0 atom stereocenters. The van der Waals surface area contributed by atoms with E-state index in [4.69, 9.17) is 14.6 Å². The van der Waals surface area contributed by atoms with Crippen LogP contribution < -0.4 is 9.47 Å². The van der Waals surface area contributed by atoms with Crippen LogP contribution >= 0.6 is 0 Å². The molecule has 0 bridgehead atoms. The molecule has 0 fully saturated rings. The first kappa shape index (κ1) is 17.6. The fourth-order valence-corrected chi connectivity index (χ4v) is 1.84. The van der Waals surface area contributed by atoms with Gasteiger partial charge in [0.25, 0.3) is 0 Å². The van der Waals surface area contributed by atoms with Crippen molar-refractivity contribution in [3.63, 3.8) is 0 Å². The van der Waals surface area contributed by atoms with Gasteiger partial charge in [0.2, 0.25) is 5.91 Å². The summed E-state index contributed by atoms with van der Waals surface area (Å²) in [5.41, 5.74) is 0.731. The lowest BCUT2D eigenvalue weighted by atomic mass is 10.1. The van der Waals surface area contributed by atoms with Crippen molar-refractivity contribution < 1.29 is 24.2 Å². The Labute approximate surface area is 129 Å². The van der Waals surface area contributed by atoms with Crippen molar-refractivity contribution >= 4 is 18.0 Å². The smallest absolute Gasteiger partial charge is 0.303 e. The largest absolute Gasteiger partial charge is 0.497 e. The normalized spacial score (nSPS) is 10.5. The number of likely N-dealkylation sites (N-methyl/N-ethyl adjacent to an activating group) is 1. The maximum absolute atomic E-state index is 12.0. The standard InChI is InChI=1S/C16H21NO5/c1-17(10-4-5-16(19)20)15(18)9-6-12-11-13(21-2)7-8-14(12)22-3/h6-9,11H,4-5,10H2,1-3H3,(H,19,20). The van der Waals surface area contributed by atoms with Crippen LogP contribution in [0.25, 0.3) is 6.08 Å². The first-order chi connectivity index (χ1) is 10.5. The fraction of sp³-hybridized carbons (Fsp3) is 0.375. The minimum Gasteiger partial charge on any atom is -0.497 e. The lowest BCUT2D eigenvalue weighted by Gasteiger charge is -2.14. The van der Waals surface area contributed by atoms with Gasteiger partial charge in [-0.3, -0.25) is 9.59 Å². The molecule has 6 nitrogen and oxygen atoms in total. The van der Waals surface area contributed by atoms with Crippen LogP contribution in [0.15, 0.2) is 24.3 Å². The zero-order valence-corrected chi connectivity index (χ0v) is 13.0. The van der Waals surface area contributed by atoms with E-state index in [1.165, 1.54) is 11.0 Å². The highest BCUT2D eigenvalue weighted by molar-refractivity contribution is 5.92. The van der Waals surface area contributed by atoms with Crippen LogP contribution in [0.5, 0.6) is 11.5 Å². The summed E-state index contributed by atoms with van der Waals surface area (Å²) in [7, 11) is 4.76. The highest BCUT2D eigenvalue weighted by atomic mass is 16.5. The van der Waals surface area contributed by atoms with Crippen molar-refractivity contribution in [3.8, 4) is 11.5 Å². The third kappa shape index (κ3) is 5.47. The molecule has 22 heavy (non-hydrogen) atoms. The number of carboxylic acids is 1. The Kier molecular flexibility index (Phi) is 6.95. The molecule has 120 valence electrons. The monoisotopic (exact) mass is 307 g/mol. The molecular weight excluding hydrogens is 286 g/mol. The number of benzene rings is 1. The van der Waals surface area contributed by atoms with Gasteiger partial charge in [-0.1, -0.05) is 0 Å². The maximum atomic E-state index is 12.0. The van der Waals surface area contributed by atoms with Gasteiger partial charge < -0.3 is 19.5 Å². The number of hydrogen-bond acceptors (Lipinski definition) is 4. The van der Waals surface area contributed by atoms with Crippen LogP contribution in [0.1, 0.15) is 18.4 Å². The maximum Gasteiger partial charge on any atom is 0.303 e. The Balaban J connectivity index is 2.70. The number of hydrogen-bond donors (Lipinski definition) is 1. The number of nitrogens with zero attached hydrogens (tertiary/aromatic N) is 1. The Morgan fingerprint density at radius 3 is 2.59 bits per heavy atom. The van der Waals surface area contributed by atoms with Crippen molar-refractivity contribution in [1.29, 1.82) is 0 Å². The number of rotatable bonds is 8. The third-order valence-corrected chi connectivity index (χ3v) is 3.10. The van der Waals surface area contributed by atoms with E-state index in [0.29, 0.717) is 24.5 Å². The number of carbonyl (C=O) groups is 2. The lowest BCUT2D eigenvalue weighted by molar-refractivity contribution is -0.137. The van der Waals surface area contributed by atoms with Gasteiger partial charge in [0.05, 0.1) is 14.2 Å². The number of ether oxygens (including phenoxy) is 2. The zero-order chi connectivity index (χ0) is 16.5. The molecule has 0 saturated heterocycles. The van der Waals surface area contributed by atoms with Crippen LogP contribution in [0.4, 0.5) is 0 Å². The molecule has 1 amide bonds. The van der Waals surface area contributed by atoms with Crippen LogP contribution in [0.3, 0.4) is 0 Å². The summed E-state index contributed by atoms with van der Waals surface area (Å²) >= 11 is 0. The molecule has 0 aliphatic carbocycles. The van der Waals surface area contributed by atoms with Crippen molar-refractivity contribution in [2.75, 3.05) is 27.8 Å². The Hall–Kier alpha value is -2.50. The van der Waals surface area contributed by atoms with Gasteiger partial charge in [0.1, 0.15) is 11.5 Å². The fourth-order valence-electron chi connectivity index (χ4n) is 1.84. The van der Waals surface area contributed by atoms with Gasteiger partial charge in [-0.15, -0.1) is 0 Å². The molecule has 1 aromatic carbocycles. The zero-order valence-electron chi connectivity index (χ0n) is 13.0. The number of amides is 1. The Morgan fingerprint density at radius 1 is 1.27 bits per heavy atom. The average molecular weight is 307 g/mol. The van der Waals surface area contributed by atoms with Gasteiger partial charge in [-0.2, -0.15) is 0 Å². The molecule has 0 unspecified atom stereocenters. The number of aliphatic carboxylic acids is 1. The molecule has 0 aliphatic heterocycles. The minimum atomic E-state index is -0.863. The number of carboxylic acid groups (broad SMARTS) is 1. The first-order valence-electron chi connectivity index (χ1n) is 6.85. The second-order valence-electron chi connectivity index (χ2n) is 4.70. The molecule has 1 N–H and O–H groups in total. The molecule has 1 rings (SSSR count). The van der Waals surface area contributed by atoms with Crippen LogP contribution in [-0.2, 0) is 9.59 Å². The van der Waals surface area contributed by atoms with Crippen LogP contribution in [0, 0.1) is 0 Å². The molecule has 0 spiro atoms.